The number of amides is 2. The standard InChI is InChI=1S/C19H22N2O4/c1-13-11-14(23-2)7-8-16(13)21-19(22)20-10-9-15-12-24-17-5-3-4-6-18(17)25-15/h3-8,11,15H,9-10,12H2,1-2H3,(H2,20,21,22)/t15-/m1/s1. The molecule has 1 aliphatic rings. The number of methoxy groups -OCH3 is 1. The smallest absolute Gasteiger partial charge is 0.319 e. The lowest BCUT2D eigenvalue weighted by molar-refractivity contribution is 0.0854. The van der Waals surface area contributed by atoms with Crippen LogP contribution in [0, 0.1) is 6.92 Å². The van der Waals surface area contributed by atoms with E-state index >= 15 is 0 Å². The van der Waals surface area contributed by atoms with Crippen LogP contribution in [0.1, 0.15) is 12.0 Å². The molecule has 0 spiro atoms. The van der Waals surface area contributed by atoms with Crippen LogP contribution < -0.4 is 24.8 Å². The average Bonchev–Trinajstić information content (AvgIpc) is 2.63. The van der Waals surface area contributed by atoms with Crippen molar-refractivity contribution in [2.45, 2.75) is 19.4 Å². The van der Waals surface area contributed by atoms with Crippen LogP contribution in [0.15, 0.2) is 42.5 Å². The number of ether oxygens (including phenoxy) is 3. The van der Waals surface area contributed by atoms with E-state index in [1.807, 2.05) is 49.4 Å². The van der Waals surface area contributed by atoms with E-state index in [0.29, 0.717) is 19.6 Å². The lowest BCUT2D eigenvalue weighted by Crippen LogP contribution is -2.36. The Bertz CT molecular complexity index is 748. The van der Waals surface area contributed by atoms with Crippen LogP contribution in [0.5, 0.6) is 17.2 Å². The lowest BCUT2D eigenvalue weighted by Gasteiger charge is -2.26. The SMILES string of the molecule is COc1ccc(NC(=O)NCC[C@@H]2COc3ccccc3O2)c(C)c1. The number of benzene rings is 2. The molecule has 0 saturated heterocycles. The highest BCUT2D eigenvalue weighted by molar-refractivity contribution is 5.90. The molecule has 0 unspecified atom stereocenters. The lowest BCUT2D eigenvalue weighted by atomic mass is 10.2. The molecule has 0 aromatic heterocycles. The first-order valence-corrected chi connectivity index (χ1v) is 8.23. The molecule has 25 heavy (non-hydrogen) atoms. The second kappa shape index (κ2) is 7.79. The van der Waals surface area contributed by atoms with Crippen molar-refractivity contribution >= 4 is 11.7 Å². The Hall–Kier alpha value is -2.89. The summed E-state index contributed by atoms with van der Waals surface area (Å²) in [6.45, 7) is 2.90. The summed E-state index contributed by atoms with van der Waals surface area (Å²) in [5.74, 6) is 2.27. The number of fused-ring (bicyclic) bond motifs is 1. The van der Waals surface area contributed by atoms with Gasteiger partial charge in [-0.25, -0.2) is 4.79 Å². The molecule has 2 aromatic carbocycles. The second-order valence-electron chi connectivity index (χ2n) is 5.85. The first-order valence-electron chi connectivity index (χ1n) is 8.23. The Kier molecular flexibility index (Phi) is 5.28. The third kappa shape index (κ3) is 4.35. The number of hydrogen-bond acceptors (Lipinski definition) is 4. The third-order valence-electron chi connectivity index (χ3n) is 4.00. The van der Waals surface area contributed by atoms with Crippen LogP contribution in [0.2, 0.25) is 0 Å². The summed E-state index contributed by atoms with van der Waals surface area (Å²) < 4.78 is 16.7. The van der Waals surface area contributed by atoms with E-state index in [9.17, 15) is 4.79 Å². The van der Waals surface area contributed by atoms with Gasteiger partial charge < -0.3 is 24.8 Å². The molecule has 3 rings (SSSR count). The van der Waals surface area contributed by atoms with Crippen molar-refractivity contribution in [3.05, 3.63) is 48.0 Å². The molecule has 6 nitrogen and oxygen atoms in total. The quantitative estimate of drug-likeness (QED) is 0.874. The van der Waals surface area contributed by atoms with E-state index in [1.54, 1.807) is 7.11 Å². The molecule has 0 fully saturated rings. The van der Waals surface area contributed by atoms with E-state index in [0.717, 1.165) is 28.5 Å². The monoisotopic (exact) mass is 342 g/mol. The van der Waals surface area contributed by atoms with Gasteiger partial charge in [-0.15, -0.1) is 0 Å². The summed E-state index contributed by atoms with van der Waals surface area (Å²) in [7, 11) is 1.62. The van der Waals surface area contributed by atoms with Crippen molar-refractivity contribution in [3.63, 3.8) is 0 Å². The molecule has 132 valence electrons. The summed E-state index contributed by atoms with van der Waals surface area (Å²) in [5, 5.41) is 5.68. The first kappa shape index (κ1) is 17.0. The molecule has 2 aromatic rings. The van der Waals surface area contributed by atoms with Gasteiger partial charge in [0.25, 0.3) is 0 Å². The normalized spacial score (nSPS) is 15.4. The number of carbonyl (C=O) groups is 1. The largest absolute Gasteiger partial charge is 0.497 e. The third-order valence-corrected chi connectivity index (χ3v) is 4.00. The van der Waals surface area contributed by atoms with Gasteiger partial charge in [0, 0.05) is 18.7 Å². The van der Waals surface area contributed by atoms with Crippen LogP contribution in [0.25, 0.3) is 0 Å². The van der Waals surface area contributed by atoms with E-state index in [2.05, 4.69) is 10.6 Å². The van der Waals surface area contributed by atoms with Gasteiger partial charge in [0.05, 0.1) is 7.11 Å². The number of para-hydroxylation sites is 2. The zero-order valence-corrected chi connectivity index (χ0v) is 14.4. The maximum Gasteiger partial charge on any atom is 0.319 e. The highest BCUT2D eigenvalue weighted by atomic mass is 16.6. The Labute approximate surface area is 147 Å². The zero-order valence-electron chi connectivity index (χ0n) is 14.4. The van der Waals surface area contributed by atoms with E-state index in [4.69, 9.17) is 14.2 Å². The summed E-state index contributed by atoms with van der Waals surface area (Å²) in [6, 6.07) is 12.9. The molecule has 0 aliphatic carbocycles. The van der Waals surface area contributed by atoms with Crippen LogP contribution in [0.3, 0.4) is 0 Å². The molecule has 6 heteroatoms. The predicted molar refractivity (Wildman–Crippen MR) is 95.7 cm³/mol. The van der Waals surface area contributed by atoms with Gasteiger partial charge in [0.15, 0.2) is 11.5 Å². The second-order valence-corrected chi connectivity index (χ2v) is 5.85. The average molecular weight is 342 g/mol. The molecular weight excluding hydrogens is 320 g/mol. The van der Waals surface area contributed by atoms with Gasteiger partial charge in [0.2, 0.25) is 0 Å². The fourth-order valence-electron chi connectivity index (χ4n) is 2.62. The minimum atomic E-state index is -0.245. The number of carbonyl (C=O) groups excluding carboxylic acids is 1. The number of hydrogen-bond donors (Lipinski definition) is 2. The highest BCUT2D eigenvalue weighted by Gasteiger charge is 2.20. The van der Waals surface area contributed by atoms with Crippen LogP contribution in [0.4, 0.5) is 10.5 Å². The van der Waals surface area contributed by atoms with E-state index in [-0.39, 0.29) is 12.1 Å². The maximum absolute atomic E-state index is 12.0. The van der Waals surface area contributed by atoms with Gasteiger partial charge in [-0.05, 0) is 42.8 Å². The number of anilines is 1. The molecule has 1 aliphatic heterocycles. The number of rotatable bonds is 5. The van der Waals surface area contributed by atoms with E-state index in [1.165, 1.54) is 0 Å². The molecule has 0 saturated carbocycles. The fourth-order valence-corrected chi connectivity index (χ4v) is 2.62. The van der Waals surface area contributed by atoms with Gasteiger partial charge in [0.1, 0.15) is 18.5 Å². The maximum atomic E-state index is 12.0. The summed E-state index contributed by atoms with van der Waals surface area (Å²) in [6.07, 6.45) is 0.599. The molecule has 1 atom stereocenters. The minimum Gasteiger partial charge on any atom is -0.497 e. The number of urea groups is 1. The topological polar surface area (TPSA) is 68.8 Å². The highest BCUT2D eigenvalue weighted by Crippen LogP contribution is 2.31. The molecular formula is C19H22N2O4. The molecule has 1 heterocycles. The Morgan fingerprint density at radius 3 is 2.80 bits per heavy atom. The minimum absolute atomic E-state index is 0.0714. The summed E-state index contributed by atoms with van der Waals surface area (Å²) in [4.78, 5) is 12.0. The zero-order chi connectivity index (χ0) is 17.6. The first-order chi connectivity index (χ1) is 12.2. The predicted octanol–water partition coefficient (Wildman–Crippen LogP) is 3.36. The van der Waals surface area contributed by atoms with Crippen molar-refractivity contribution in [3.8, 4) is 17.2 Å². The molecule has 0 radical (unpaired) electrons. The van der Waals surface area contributed by atoms with Crippen LogP contribution >= 0.6 is 0 Å². The summed E-state index contributed by atoms with van der Waals surface area (Å²) >= 11 is 0. The Morgan fingerprint density at radius 1 is 1.24 bits per heavy atom. The number of aryl methyl sites for hydroxylation is 1. The Morgan fingerprint density at radius 2 is 2.04 bits per heavy atom. The van der Waals surface area contributed by atoms with Crippen molar-refractivity contribution in [2.75, 3.05) is 25.6 Å². The molecule has 0 bridgehead atoms. The van der Waals surface area contributed by atoms with Crippen molar-refractivity contribution in [1.29, 1.82) is 0 Å². The van der Waals surface area contributed by atoms with Gasteiger partial charge >= 0.3 is 6.03 Å². The summed E-state index contributed by atoms with van der Waals surface area (Å²) in [5.41, 5.74) is 1.69. The van der Waals surface area contributed by atoms with Gasteiger partial charge in [-0.2, -0.15) is 0 Å². The Balaban J connectivity index is 1.44. The van der Waals surface area contributed by atoms with Gasteiger partial charge in [-0.3, -0.25) is 0 Å². The number of nitrogens with one attached hydrogen (secondary N) is 2. The molecule has 2 N–H and O–H groups in total. The van der Waals surface area contributed by atoms with Gasteiger partial charge in [-0.1, -0.05) is 12.1 Å². The van der Waals surface area contributed by atoms with Crippen molar-refractivity contribution in [1.82, 2.24) is 5.32 Å². The fraction of sp³-hybridized carbons (Fsp3) is 0.316. The van der Waals surface area contributed by atoms with E-state index < -0.39 is 0 Å². The molecule has 2 amide bonds. The van der Waals surface area contributed by atoms with Crippen molar-refractivity contribution < 1.29 is 19.0 Å². The van der Waals surface area contributed by atoms with Crippen LogP contribution in [-0.4, -0.2) is 32.4 Å². The van der Waals surface area contributed by atoms with Crippen molar-refractivity contribution in [2.24, 2.45) is 0 Å². The van der Waals surface area contributed by atoms with Crippen LogP contribution in [-0.2, 0) is 0 Å².